The maximum Gasteiger partial charge on any atom is 0.301 e. The summed E-state index contributed by atoms with van der Waals surface area (Å²) in [5, 5.41) is 0. The van der Waals surface area contributed by atoms with E-state index in [1.807, 2.05) is 6.92 Å². The molecule has 2 aromatic heterocycles. The number of nitrogens with one attached hydrogen (secondary N) is 2. The van der Waals surface area contributed by atoms with E-state index in [0.29, 0.717) is 67.6 Å². The Balaban J connectivity index is 0.000000157. The summed E-state index contributed by atoms with van der Waals surface area (Å²) in [4.78, 5) is 12.1. The molecular formula is C28H39FN8O6S3. The maximum absolute atomic E-state index is 13.3. The summed E-state index contributed by atoms with van der Waals surface area (Å²) in [7, 11) is -9.97. The smallest absolute Gasteiger partial charge is 0.267 e. The zero-order valence-corrected chi connectivity index (χ0v) is 28.4. The van der Waals surface area contributed by atoms with Gasteiger partial charge in [0, 0.05) is 38.4 Å². The van der Waals surface area contributed by atoms with Crippen molar-refractivity contribution in [1.82, 2.24) is 24.4 Å². The first kappa shape index (κ1) is 35.4. The van der Waals surface area contributed by atoms with E-state index in [2.05, 4.69) is 24.4 Å². The van der Waals surface area contributed by atoms with Gasteiger partial charge in [-0.05, 0) is 76.3 Å². The van der Waals surface area contributed by atoms with Crippen molar-refractivity contribution in [2.45, 2.75) is 46.5 Å². The van der Waals surface area contributed by atoms with Crippen LogP contribution in [-0.2, 0) is 30.4 Å². The predicted molar refractivity (Wildman–Crippen MR) is 175 cm³/mol. The molecule has 0 saturated carbocycles. The van der Waals surface area contributed by atoms with Crippen molar-refractivity contribution < 1.29 is 29.6 Å². The van der Waals surface area contributed by atoms with Crippen LogP contribution >= 0.6 is 0 Å². The first-order valence-electron chi connectivity index (χ1n) is 14.7. The molecule has 6 rings (SSSR count). The largest absolute Gasteiger partial charge is 0.301 e. The quantitative estimate of drug-likeness (QED) is 0.416. The fourth-order valence-electron chi connectivity index (χ4n) is 4.72. The SMILES string of the molecule is Cc1ccc(N2CCCNS2(=O)=O)cc1F.Cc1ccc(N2CCCNS2(=O)=O)cn1.Cc1ncc(N2CCCCS2(=O)=O)cn1. The lowest BCUT2D eigenvalue weighted by atomic mass is 10.2. The molecule has 5 heterocycles. The van der Waals surface area contributed by atoms with Crippen molar-refractivity contribution in [3.05, 3.63) is 71.8 Å². The molecule has 0 bridgehead atoms. The Bertz CT molecular complexity index is 1720. The number of benzene rings is 1. The van der Waals surface area contributed by atoms with Gasteiger partial charge in [-0.2, -0.15) is 26.3 Å². The number of pyridine rings is 1. The van der Waals surface area contributed by atoms with E-state index in [1.165, 1.54) is 19.0 Å². The Labute approximate surface area is 270 Å². The molecule has 0 radical (unpaired) electrons. The van der Waals surface area contributed by atoms with Gasteiger partial charge in [0.2, 0.25) is 10.0 Å². The van der Waals surface area contributed by atoms with Gasteiger partial charge in [0.25, 0.3) is 0 Å². The molecule has 3 aliphatic rings. The van der Waals surface area contributed by atoms with Gasteiger partial charge in [0.15, 0.2) is 0 Å². The summed E-state index contributed by atoms with van der Waals surface area (Å²) < 4.78 is 92.3. The van der Waals surface area contributed by atoms with E-state index in [9.17, 15) is 29.6 Å². The van der Waals surface area contributed by atoms with Gasteiger partial charge < -0.3 is 0 Å². The lowest BCUT2D eigenvalue weighted by Crippen LogP contribution is -2.47. The van der Waals surface area contributed by atoms with Crippen LogP contribution in [0.25, 0.3) is 0 Å². The molecule has 2 N–H and O–H groups in total. The summed E-state index contributed by atoms with van der Waals surface area (Å²) in [6.45, 7) is 7.67. The second-order valence-corrected chi connectivity index (χ2v) is 16.2. The van der Waals surface area contributed by atoms with E-state index >= 15 is 0 Å². The van der Waals surface area contributed by atoms with Crippen LogP contribution in [0.2, 0.25) is 0 Å². The number of hydrogen-bond donors (Lipinski definition) is 2. The second kappa shape index (κ2) is 15.0. The van der Waals surface area contributed by atoms with Gasteiger partial charge in [-0.3, -0.25) is 17.9 Å². The van der Waals surface area contributed by atoms with Crippen molar-refractivity contribution in [3.63, 3.8) is 0 Å². The molecule has 3 fully saturated rings. The molecule has 0 atom stereocenters. The zero-order valence-electron chi connectivity index (χ0n) is 25.9. The van der Waals surface area contributed by atoms with Crippen molar-refractivity contribution in [2.75, 3.05) is 51.4 Å². The molecule has 3 aromatic rings. The fourth-order valence-corrected chi connectivity index (χ4v) is 8.96. The fraction of sp³-hybridized carbons (Fsp3) is 0.464. The third-order valence-corrected chi connectivity index (χ3v) is 12.2. The van der Waals surface area contributed by atoms with Crippen LogP contribution in [0.5, 0.6) is 0 Å². The van der Waals surface area contributed by atoms with E-state index in [4.69, 9.17) is 0 Å². The molecule has 0 spiro atoms. The maximum atomic E-state index is 13.3. The van der Waals surface area contributed by atoms with Crippen LogP contribution in [0, 0.1) is 26.6 Å². The van der Waals surface area contributed by atoms with E-state index in [-0.39, 0.29) is 5.75 Å². The Morgan fingerprint density at radius 2 is 1.20 bits per heavy atom. The van der Waals surface area contributed by atoms with Gasteiger partial charge in [-0.15, -0.1) is 0 Å². The summed E-state index contributed by atoms with van der Waals surface area (Å²) in [5.74, 6) is 0.479. The topological polar surface area (TPSA) is 175 Å². The van der Waals surface area contributed by atoms with Crippen LogP contribution in [0.3, 0.4) is 0 Å². The van der Waals surface area contributed by atoms with Crippen molar-refractivity contribution in [1.29, 1.82) is 0 Å². The molecule has 252 valence electrons. The molecule has 14 nitrogen and oxygen atoms in total. The van der Waals surface area contributed by atoms with E-state index in [0.717, 1.165) is 25.0 Å². The number of aromatic nitrogens is 3. The third kappa shape index (κ3) is 9.09. The lowest BCUT2D eigenvalue weighted by molar-refractivity contribution is 0.558. The van der Waals surface area contributed by atoms with E-state index < -0.39 is 36.3 Å². The molecule has 0 unspecified atom stereocenters. The molecule has 0 aliphatic carbocycles. The van der Waals surface area contributed by atoms with Crippen molar-refractivity contribution >= 4 is 47.5 Å². The average Bonchev–Trinajstić information content (AvgIpc) is 3.00. The van der Waals surface area contributed by atoms with Crippen LogP contribution in [0.15, 0.2) is 48.9 Å². The molecule has 3 aliphatic heterocycles. The number of nitrogens with zero attached hydrogens (tertiary/aromatic N) is 6. The van der Waals surface area contributed by atoms with Crippen LogP contribution in [0.4, 0.5) is 21.5 Å². The standard InChI is InChI=1S/C10H13FN2O2S.2C9H13N3O2S/c1-8-3-4-9(7-10(8)11)13-6-2-5-12-16(13,14)15;1-8-3-4-9(7-10-8)12-6-2-5-11-15(12,13)14;1-8-10-6-9(7-11-8)12-4-2-3-5-15(12,13)14/h3-4,7,12H,2,5-6H2,1H3;3-4,7,11H,2,5-6H2,1H3;6-7H,2-5H2,1H3. The minimum absolute atomic E-state index is 0.223. The summed E-state index contributed by atoms with van der Waals surface area (Å²) in [6, 6.07) is 8.02. The van der Waals surface area contributed by atoms with Crippen LogP contribution in [0.1, 0.15) is 42.8 Å². The Hall–Kier alpha value is -3.45. The van der Waals surface area contributed by atoms with Crippen LogP contribution in [-0.4, -0.2) is 78.7 Å². The number of hydrogen-bond acceptors (Lipinski definition) is 9. The Morgan fingerprint density at radius 3 is 1.72 bits per heavy atom. The van der Waals surface area contributed by atoms with Gasteiger partial charge >= 0.3 is 20.4 Å². The zero-order chi connectivity index (χ0) is 33.5. The summed E-state index contributed by atoms with van der Waals surface area (Å²) in [5.41, 5.74) is 2.94. The predicted octanol–water partition coefficient (Wildman–Crippen LogP) is 2.33. The van der Waals surface area contributed by atoms with Gasteiger partial charge in [0.1, 0.15) is 11.6 Å². The first-order chi connectivity index (χ1) is 21.7. The Kier molecular flexibility index (Phi) is 11.5. The first-order valence-corrected chi connectivity index (χ1v) is 19.2. The number of aryl methyl sites for hydroxylation is 3. The van der Waals surface area contributed by atoms with Crippen molar-refractivity contribution in [3.8, 4) is 0 Å². The van der Waals surface area contributed by atoms with Crippen LogP contribution < -0.4 is 22.4 Å². The third-order valence-electron chi connectivity index (χ3n) is 7.26. The number of anilines is 3. The molecule has 18 heteroatoms. The van der Waals surface area contributed by atoms with Crippen molar-refractivity contribution in [2.24, 2.45) is 0 Å². The molecule has 3 saturated heterocycles. The normalized spacial score (nSPS) is 20.0. The number of sulfonamides is 1. The molecule has 1 aromatic carbocycles. The summed E-state index contributed by atoms with van der Waals surface area (Å²) in [6.07, 6.45) is 7.87. The highest BCUT2D eigenvalue weighted by molar-refractivity contribution is 7.92. The average molecular weight is 699 g/mol. The minimum Gasteiger partial charge on any atom is -0.267 e. The molecule has 0 amide bonds. The highest BCUT2D eigenvalue weighted by atomic mass is 32.2. The minimum atomic E-state index is -3.49. The van der Waals surface area contributed by atoms with Gasteiger partial charge in [-0.1, -0.05) is 6.07 Å². The number of halogens is 1. The van der Waals surface area contributed by atoms with Gasteiger partial charge in [0.05, 0.1) is 41.4 Å². The molecular weight excluding hydrogens is 660 g/mol. The van der Waals surface area contributed by atoms with Gasteiger partial charge in [-0.25, -0.2) is 22.8 Å². The monoisotopic (exact) mass is 698 g/mol. The lowest BCUT2D eigenvalue weighted by Gasteiger charge is -2.28. The summed E-state index contributed by atoms with van der Waals surface area (Å²) >= 11 is 0. The molecule has 46 heavy (non-hydrogen) atoms. The Morgan fingerprint density at radius 1 is 0.652 bits per heavy atom. The highest BCUT2D eigenvalue weighted by Crippen LogP contribution is 2.23. The second-order valence-electron chi connectivity index (χ2n) is 10.8. The highest BCUT2D eigenvalue weighted by Gasteiger charge is 2.28. The van der Waals surface area contributed by atoms with E-state index in [1.54, 1.807) is 56.7 Å². The number of rotatable bonds is 3.